The van der Waals surface area contributed by atoms with E-state index in [0.717, 1.165) is 34.5 Å². The van der Waals surface area contributed by atoms with Crippen LogP contribution in [0, 0.1) is 34.5 Å². The summed E-state index contributed by atoms with van der Waals surface area (Å²) in [6.45, 7) is 5.01. The van der Waals surface area contributed by atoms with E-state index in [-0.39, 0.29) is 0 Å². The fourth-order valence-corrected chi connectivity index (χ4v) is 6.50. The lowest BCUT2D eigenvalue weighted by molar-refractivity contribution is 0.0249. The van der Waals surface area contributed by atoms with Crippen LogP contribution in [0.25, 0.3) is 0 Å². The van der Waals surface area contributed by atoms with Gasteiger partial charge in [0.05, 0.1) is 0 Å². The molecule has 0 aromatic rings. The van der Waals surface area contributed by atoms with E-state index in [1.54, 1.807) is 44.9 Å². The van der Waals surface area contributed by atoms with Gasteiger partial charge in [-0.3, -0.25) is 0 Å². The van der Waals surface area contributed by atoms with Gasteiger partial charge in [0.25, 0.3) is 0 Å². The molecule has 4 saturated carbocycles. The van der Waals surface area contributed by atoms with Crippen molar-refractivity contribution in [3.05, 3.63) is 0 Å². The minimum Gasteiger partial charge on any atom is -0.0649 e. The third-order valence-electron chi connectivity index (χ3n) is 7.54. The van der Waals surface area contributed by atoms with Gasteiger partial charge in [-0.25, -0.2) is 0 Å². The first-order valence-corrected chi connectivity index (χ1v) is 7.66. The molecule has 4 aliphatic rings. The first-order valence-electron chi connectivity index (χ1n) is 7.66. The zero-order chi connectivity index (χ0) is 11.0. The van der Waals surface area contributed by atoms with E-state index in [1.807, 2.05) is 0 Å². The van der Waals surface area contributed by atoms with Crippen molar-refractivity contribution in [1.82, 2.24) is 0 Å². The van der Waals surface area contributed by atoms with E-state index in [2.05, 4.69) is 13.8 Å². The zero-order valence-corrected chi connectivity index (χ0v) is 11.0. The molecule has 0 aromatic heterocycles. The first-order chi connectivity index (χ1) is 7.66. The lowest BCUT2D eigenvalue weighted by Gasteiger charge is -2.47. The Hall–Kier alpha value is 0. The third kappa shape index (κ3) is 0.985. The monoisotopic (exact) mass is 218 g/mol. The van der Waals surface area contributed by atoms with Gasteiger partial charge in [-0.2, -0.15) is 0 Å². The van der Waals surface area contributed by atoms with Gasteiger partial charge in [-0.1, -0.05) is 26.7 Å². The van der Waals surface area contributed by atoms with Crippen molar-refractivity contribution in [3.63, 3.8) is 0 Å². The molecule has 4 fully saturated rings. The Morgan fingerprint density at radius 1 is 0.938 bits per heavy atom. The van der Waals surface area contributed by atoms with E-state index >= 15 is 0 Å². The van der Waals surface area contributed by atoms with E-state index in [4.69, 9.17) is 0 Å². The van der Waals surface area contributed by atoms with Gasteiger partial charge in [0.15, 0.2) is 0 Å². The van der Waals surface area contributed by atoms with Crippen LogP contribution >= 0.6 is 0 Å². The van der Waals surface area contributed by atoms with Crippen LogP contribution in [0.2, 0.25) is 0 Å². The second-order valence-electron chi connectivity index (χ2n) is 7.86. The molecule has 1 spiro atoms. The highest BCUT2D eigenvalue weighted by molar-refractivity contribution is 5.14. The largest absolute Gasteiger partial charge is 0.0649 e. The smallest absolute Gasteiger partial charge is 0.0235 e. The van der Waals surface area contributed by atoms with Crippen molar-refractivity contribution in [1.29, 1.82) is 0 Å². The van der Waals surface area contributed by atoms with Crippen LogP contribution < -0.4 is 0 Å². The second kappa shape index (κ2) is 2.87. The predicted octanol–water partition coefficient (Wildman–Crippen LogP) is 4.64. The average molecular weight is 218 g/mol. The van der Waals surface area contributed by atoms with Crippen LogP contribution in [-0.2, 0) is 0 Å². The summed E-state index contributed by atoms with van der Waals surface area (Å²) >= 11 is 0. The van der Waals surface area contributed by atoms with Crippen molar-refractivity contribution in [2.24, 2.45) is 34.5 Å². The summed E-state index contributed by atoms with van der Waals surface area (Å²) in [5.74, 6) is 4.55. The van der Waals surface area contributed by atoms with Crippen LogP contribution in [0.4, 0.5) is 0 Å². The molecular weight excluding hydrogens is 192 g/mol. The first kappa shape index (κ1) is 9.97. The van der Waals surface area contributed by atoms with Gasteiger partial charge in [0, 0.05) is 0 Å². The molecule has 6 atom stereocenters. The van der Waals surface area contributed by atoms with Crippen molar-refractivity contribution in [2.45, 2.75) is 65.2 Å². The molecule has 0 heterocycles. The van der Waals surface area contributed by atoms with Crippen LogP contribution in [-0.4, -0.2) is 0 Å². The normalized spacial score (nSPS) is 62.6. The van der Waals surface area contributed by atoms with Gasteiger partial charge in [0.2, 0.25) is 0 Å². The zero-order valence-electron chi connectivity index (χ0n) is 11.0. The van der Waals surface area contributed by atoms with E-state index in [9.17, 15) is 0 Å². The lowest BCUT2D eigenvalue weighted by atomic mass is 9.58. The Labute approximate surface area is 100 Å². The maximum Gasteiger partial charge on any atom is -0.0235 e. The molecule has 0 heteroatoms. The number of fused-ring (bicyclic) bond motifs is 6. The molecule has 4 aliphatic carbocycles. The summed E-state index contributed by atoms with van der Waals surface area (Å²) in [4.78, 5) is 0. The average Bonchev–Trinajstić information content (AvgIpc) is 2.98. The summed E-state index contributed by atoms with van der Waals surface area (Å²) in [6, 6.07) is 0. The number of hydrogen-bond acceptors (Lipinski definition) is 0. The van der Waals surface area contributed by atoms with Crippen LogP contribution in [0.3, 0.4) is 0 Å². The van der Waals surface area contributed by atoms with Crippen LogP contribution in [0.5, 0.6) is 0 Å². The topological polar surface area (TPSA) is 0 Å². The molecule has 0 amide bonds. The Morgan fingerprint density at radius 2 is 1.81 bits per heavy atom. The maximum absolute atomic E-state index is 2.58. The van der Waals surface area contributed by atoms with Gasteiger partial charge in [0.1, 0.15) is 0 Å². The van der Waals surface area contributed by atoms with Crippen molar-refractivity contribution in [2.75, 3.05) is 0 Å². The molecule has 0 aliphatic heterocycles. The Morgan fingerprint density at radius 3 is 2.31 bits per heavy atom. The summed E-state index contributed by atoms with van der Waals surface area (Å²) in [7, 11) is 0. The summed E-state index contributed by atoms with van der Waals surface area (Å²) < 4.78 is 0. The second-order valence-corrected chi connectivity index (χ2v) is 7.86. The van der Waals surface area contributed by atoms with Crippen molar-refractivity contribution < 1.29 is 0 Å². The molecule has 16 heavy (non-hydrogen) atoms. The van der Waals surface area contributed by atoms with Crippen LogP contribution in [0.1, 0.15) is 65.2 Å². The number of rotatable bonds is 1. The fourth-order valence-electron chi connectivity index (χ4n) is 6.50. The van der Waals surface area contributed by atoms with E-state index in [0.29, 0.717) is 0 Å². The van der Waals surface area contributed by atoms with Gasteiger partial charge >= 0.3 is 0 Å². The Bertz CT molecular complexity index is 320. The molecule has 0 aromatic carbocycles. The highest BCUT2D eigenvalue weighted by Gasteiger charge is 2.64. The maximum atomic E-state index is 2.58. The minimum absolute atomic E-state index is 0.734. The van der Waals surface area contributed by atoms with Gasteiger partial charge in [-0.15, -0.1) is 0 Å². The van der Waals surface area contributed by atoms with Crippen LogP contribution in [0.15, 0.2) is 0 Å². The molecule has 0 saturated heterocycles. The minimum atomic E-state index is 0.734. The standard InChI is InChI=1S/C16H26/c1-3-15(2)9-14-7-13(15)10-16(14)8-11-4-5-12(16)6-11/h11-14H,3-10H2,1-2H3/t11?,12?,13?,14?,15-,16?/m0/s1. The van der Waals surface area contributed by atoms with Gasteiger partial charge < -0.3 is 0 Å². The quantitative estimate of drug-likeness (QED) is 0.601. The highest BCUT2D eigenvalue weighted by atomic mass is 14.7. The summed E-state index contributed by atoms with van der Waals surface area (Å²) in [5, 5.41) is 0. The van der Waals surface area contributed by atoms with E-state index < -0.39 is 0 Å². The fraction of sp³-hybridized carbons (Fsp3) is 1.00. The van der Waals surface area contributed by atoms with Crippen molar-refractivity contribution >= 4 is 0 Å². The predicted molar refractivity (Wildman–Crippen MR) is 67.1 cm³/mol. The summed E-state index contributed by atoms with van der Waals surface area (Å²) in [6.07, 6.45) is 12.7. The number of hydrogen-bond donors (Lipinski definition) is 0. The van der Waals surface area contributed by atoms with E-state index in [1.165, 1.54) is 6.42 Å². The molecule has 0 N–H and O–H groups in total. The molecule has 4 rings (SSSR count). The highest BCUT2D eigenvalue weighted by Crippen LogP contribution is 2.73. The Balaban J connectivity index is 1.64. The molecule has 5 unspecified atom stereocenters. The molecule has 4 bridgehead atoms. The van der Waals surface area contributed by atoms with Crippen molar-refractivity contribution in [3.8, 4) is 0 Å². The summed E-state index contributed by atoms with van der Waals surface area (Å²) in [5.41, 5.74) is 1.61. The van der Waals surface area contributed by atoms with Gasteiger partial charge in [-0.05, 0) is 73.0 Å². The molecule has 0 radical (unpaired) electrons. The molecule has 0 nitrogen and oxygen atoms in total. The third-order valence-corrected chi connectivity index (χ3v) is 7.54. The lowest BCUT2D eigenvalue weighted by Crippen LogP contribution is -2.38. The molecular formula is C16H26. The molecule has 90 valence electrons. The SMILES string of the molecule is CC[C@@]1(C)CC2CC1CC21CC2CCC1C2. The Kier molecular flexibility index (Phi) is 1.79.